The topological polar surface area (TPSA) is 26.3 Å². The van der Waals surface area contributed by atoms with Gasteiger partial charge in [-0.15, -0.1) is 0 Å². The average molecular weight is 188 g/mol. The second-order valence-electron chi connectivity index (χ2n) is 3.50. The van der Waals surface area contributed by atoms with Gasteiger partial charge in [-0.1, -0.05) is 28.7 Å². The SMILES string of the molecule is C.C.CC(C)C(=O)OC1CCCC1. The third-order valence-corrected chi connectivity index (χ3v) is 2.06. The first-order chi connectivity index (χ1) is 5.20. The molecule has 1 aliphatic rings. The number of rotatable bonds is 2. The molecule has 1 fully saturated rings. The molecule has 0 radical (unpaired) electrons. The van der Waals surface area contributed by atoms with Gasteiger partial charge in [0.1, 0.15) is 6.10 Å². The number of ether oxygens (including phenoxy) is 1. The Balaban J connectivity index is 0. The Hall–Kier alpha value is -0.530. The van der Waals surface area contributed by atoms with Crippen LogP contribution in [-0.2, 0) is 9.53 Å². The summed E-state index contributed by atoms with van der Waals surface area (Å²) < 4.78 is 5.23. The summed E-state index contributed by atoms with van der Waals surface area (Å²) in [7, 11) is 0. The van der Waals surface area contributed by atoms with Crippen molar-refractivity contribution in [2.24, 2.45) is 5.92 Å². The molecule has 1 saturated carbocycles. The van der Waals surface area contributed by atoms with Gasteiger partial charge in [0.15, 0.2) is 0 Å². The van der Waals surface area contributed by atoms with E-state index in [9.17, 15) is 4.79 Å². The molecule has 0 heterocycles. The molecule has 0 aliphatic heterocycles. The van der Waals surface area contributed by atoms with E-state index >= 15 is 0 Å². The van der Waals surface area contributed by atoms with E-state index in [0.29, 0.717) is 0 Å². The molecule has 80 valence electrons. The molecule has 0 saturated heterocycles. The van der Waals surface area contributed by atoms with E-state index in [1.54, 1.807) is 0 Å². The molecule has 1 rings (SSSR count). The summed E-state index contributed by atoms with van der Waals surface area (Å²) in [5, 5.41) is 0. The first-order valence-electron chi connectivity index (χ1n) is 4.40. The van der Waals surface area contributed by atoms with Crippen molar-refractivity contribution in [1.29, 1.82) is 0 Å². The average Bonchev–Trinajstić information content (AvgIpc) is 2.39. The minimum absolute atomic E-state index is 0. The maximum absolute atomic E-state index is 11.1. The summed E-state index contributed by atoms with van der Waals surface area (Å²) in [6.45, 7) is 3.74. The van der Waals surface area contributed by atoms with Gasteiger partial charge >= 0.3 is 5.97 Å². The molecule has 0 N–H and O–H groups in total. The summed E-state index contributed by atoms with van der Waals surface area (Å²) in [5.74, 6) is -0.0208. The van der Waals surface area contributed by atoms with Crippen molar-refractivity contribution in [3.63, 3.8) is 0 Å². The molecule has 0 spiro atoms. The smallest absolute Gasteiger partial charge is 0.308 e. The zero-order chi connectivity index (χ0) is 8.27. The van der Waals surface area contributed by atoms with Crippen LogP contribution in [0.4, 0.5) is 0 Å². The van der Waals surface area contributed by atoms with Gasteiger partial charge in [-0.05, 0) is 25.7 Å². The number of carbonyl (C=O) groups is 1. The van der Waals surface area contributed by atoms with Crippen LogP contribution in [0.25, 0.3) is 0 Å². The zero-order valence-electron chi connectivity index (χ0n) is 7.30. The lowest BCUT2D eigenvalue weighted by atomic mass is 10.2. The van der Waals surface area contributed by atoms with Crippen LogP contribution < -0.4 is 0 Å². The van der Waals surface area contributed by atoms with Crippen molar-refractivity contribution in [2.45, 2.75) is 60.5 Å². The van der Waals surface area contributed by atoms with Crippen molar-refractivity contribution in [1.82, 2.24) is 0 Å². The van der Waals surface area contributed by atoms with Gasteiger partial charge in [-0.2, -0.15) is 0 Å². The van der Waals surface area contributed by atoms with E-state index in [0.717, 1.165) is 12.8 Å². The number of esters is 1. The standard InChI is InChI=1S/C9H16O2.2CH4/c1-7(2)9(10)11-8-5-3-4-6-8;;/h7-8H,3-6H2,1-2H3;2*1H4. The lowest BCUT2D eigenvalue weighted by Crippen LogP contribution is -2.18. The van der Waals surface area contributed by atoms with E-state index in [-0.39, 0.29) is 32.8 Å². The van der Waals surface area contributed by atoms with E-state index in [4.69, 9.17) is 4.74 Å². The van der Waals surface area contributed by atoms with Gasteiger partial charge in [0, 0.05) is 0 Å². The maximum atomic E-state index is 11.1. The second kappa shape index (κ2) is 6.93. The number of carbonyl (C=O) groups excluding carboxylic acids is 1. The summed E-state index contributed by atoms with van der Waals surface area (Å²) in [6, 6.07) is 0. The van der Waals surface area contributed by atoms with Gasteiger partial charge in [0.05, 0.1) is 5.92 Å². The van der Waals surface area contributed by atoms with Crippen molar-refractivity contribution in [3.05, 3.63) is 0 Å². The van der Waals surface area contributed by atoms with Gasteiger partial charge in [-0.25, -0.2) is 0 Å². The predicted octanol–water partition coefficient (Wildman–Crippen LogP) is 3.40. The van der Waals surface area contributed by atoms with Crippen LogP contribution in [0, 0.1) is 5.92 Å². The minimum atomic E-state index is -0.0445. The third-order valence-electron chi connectivity index (χ3n) is 2.06. The van der Waals surface area contributed by atoms with Crippen LogP contribution in [0.1, 0.15) is 54.4 Å². The van der Waals surface area contributed by atoms with E-state index in [1.807, 2.05) is 13.8 Å². The summed E-state index contributed by atoms with van der Waals surface area (Å²) in [6.07, 6.45) is 4.80. The predicted molar refractivity (Wildman–Crippen MR) is 56.6 cm³/mol. The van der Waals surface area contributed by atoms with Gasteiger partial charge in [0.25, 0.3) is 0 Å². The van der Waals surface area contributed by atoms with Crippen LogP contribution in [0.3, 0.4) is 0 Å². The first-order valence-corrected chi connectivity index (χ1v) is 4.40. The molecule has 0 amide bonds. The van der Waals surface area contributed by atoms with E-state index in [1.165, 1.54) is 12.8 Å². The van der Waals surface area contributed by atoms with Crippen LogP contribution in [0.5, 0.6) is 0 Å². The molecule has 0 unspecified atom stereocenters. The Morgan fingerprint density at radius 2 is 1.69 bits per heavy atom. The largest absolute Gasteiger partial charge is 0.462 e. The van der Waals surface area contributed by atoms with Gasteiger partial charge in [0.2, 0.25) is 0 Å². The normalized spacial score (nSPS) is 16.2. The number of hydrogen-bond acceptors (Lipinski definition) is 2. The third kappa shape index (κ3) is 4.91. The highest BCUT2D eigenvalue weighted by Gasteiger charge is 2.20. The summed E-state index contributed by atoms with van der Waals surface area (Å²) >= 11 is 0. The molecule has 2 nitrogen and oxygen atoms in total. The Labute approximate surface area is 82.7 Å². The zero-order valence-corrected chi connectivity index (χ0v) is 7.30. The highest BCUT2D eigenvalue weighted by atomic mass is 16.5. The van der Waals surface area contributed by atoms with Crippen molar-refractivity contribution in [3.8, 4) is 0 Å². The molecule has 0 bridgehead atoms. The minimum Gasteiger partial charge on any atom is -0.462 e. The lowest BCUT2D eigenvalue weighted by molar-refractivity contribution is -0.152. The molecular weight excluding hydrogens is 164 g/mol. The molecular formula is C11H24O2. The monoisotopic (exact) mass is 188 g/mol. The quantitative estimate of drug-likeness (QED) is 0.621. The fourth-order valence-corrected chi connectivity index (χ4v) is 1.31. The van der Waals surface area contributed by atoms with E-state index < -0.39 is 0 Å². The van der Waals surface area contributed by atoms with Gasteiger partial charge in [-0.3, -0.25) is 4.79 Å². The fraction of sp³-hybridized carbons (Fsp3) is 0.909. The molecule has 13 heavy (non-hydrogen) atoms. The van der Waals surface area contributed by atoms with E-state index in [2.05, 4.69) is 0 Å². The van der Waals surface area contributed by atoms with Crippen LogP contribution in [0.15, 0.2) is 0 Å². The maximum Gasteiger partial charge on any atom is 0.308 e. The molecule has 0 aromatic carbocycles. The summed E-state index contributed by atoms with van der Waals surface area (Å²) in [4.78, 5) is 11.1. The first kappa shape index (κ1) is 15.0. The van der Waals surface area contributed by atoms with Crippen molar-refractivity contribution < 1.29 is 9.53 Å². The Bertz CT molecular complexity index is 135. The molecule has 0 aromatic heterocycles. The molecule has 0 atom stereocenters. The lowest BCUT2D eigenvalue weighted by Gasteiger charge is -2.12. The van der Waals surface area contributed by atoms with Crippen LogP contribution in [0.2, 0.25) is 0 Å². The summed E-state index contributed by atoms with van der Waals surface area (Å²) in [5.41, 5.74) is 0. The second-order valence-corrected chi connectivity index (χ2v) is 3.50. The Morgan fingerprint density at radius 3 is 2.08 bits per heavy atom. The Morgan fingerprint density at radius 1 is 1.23 bits per heavy atom. The van der Waals surface area contributed by atoms with Crippen molar-refractivity contribution in [2.75, 3.05) is 0 Å². The van der Waals surface area contributed by atoms with Crippen molar-refractivity contribution >= 4 is 5.97 Å². The highest BCUT2D eigenvalue weighted by molar-refractivity contribution is 5.71. The molecule has 0 aromatic rings. The van der Waals surface area contributed by atoms with Gasteiger partial charge < -0.3 is 4.74 Å². The highest BCUT2D eigenvalue weighted by Crippen LogP contribution is 2.21. The van der Waals surface area contributed by atoms with Crippen LogP contribution in [-0.4, -0.2) is 12.1 Å². The molecule has 1 aliphatic carbocycles. The molecule has 2 heteroatoms. The number of hydrogen-bond donors (Lipinski definition) is 0. The Kier molecular flexibility index (Phi) is 7.98. The van der Waals surface area contributed by atoms with Crippen LogP contribution >= 0.6 is 0 Å². The fourth-order valence-electron chi connectivity index (χ4n) is 1.31.